The zero-order valence-corrected chi connectivity index (χ0v) is 13.5. The van der Waals surface area contributed by atoms with Crippen molar-refractivity contribution in [3.05, 3.63) is 36.0 Å². The van der Waals surface area contributed by atoms with Crippen molar-refractivity contribution in [2.75, 3.05) is 14.2 Å². The molecule has 0 fully saturated rings. The normalized spacial score (nSPS) is 11.4. The highest BCUT2D eigenvalue weighted by Gasteiger charge is 2.31. The van der Waals surface area contributed by atoms with Crippen LogP contribution in [-0.4, -0.2) is 34.5 Å². The van der Waals surface area contributed by atoms with Crippen LogP contribution in [0.15, 0.2) is 35.0 Å². The van der Waals surface area contributed by atoms with Gasteiger partial charge in [0.05, 0.1) is 25.3 Å². The highest BCUT2D eigenvalue weighted by atomic mass is 19.4. The number of alkyl halides is 3. The summed E-state index contributed by atoms with van der Waals surface area (Å²) >= 11 is 0. The second kappa shape index (κ2) is 6.54. The van der Waals surface area contributed by atoms with Crippen LogP contribution in [0.2, 0.25) is 0 Å². The minimum absolute atomic E-state index is 0.0251. The van der Waals surface area contributed by atoms with Gasteiger partial charge in [-0.3, -0.25) is 4.98 Å². The number of methoxy groups -OCH3 is 2. The van der Waals surface area contributed by atoms with Crippen LogP contribution in [0.1, 0.15) is 5.56 Å². The molecule has 10 heteroatoms. The van der Waals surface area contributed by atoms with Gasteiger partial charge in [0.15, 0.2) is 11.5 Å². The molecule has 3 rings (SSSR count). The molecule has 7 nitrogen and oxygen atoms in total. The van der Waals surface area contributed by atoms with Gasteiger partial charge in [-0.1, -0.05) is 5.16 Å². The van der Waals surface area contributed by atoms with E-state index < -0.39 is 11.7 Å². The van der Waals surface area contributed by atoms with E-state index in [0.717, 1.165) is 12.1 Å². The molecule has 3 aromatic rings. The van der Waals surface area contributed by atoms with Crippen LogP contribution in [0.3, 0.4) is 0 Å². The topological polar surface area (TPSA) is 90.5 Å². The zero-order chi connectivity index (χ0) is 18.9. The van der Waals surface area contributed by atoms with Crippen LogP contribution in [-0.2, 0) is 6.18 Å². The fraction of sp³-hybridized carbons (Fsp3) is 0.188. The molecule has 0 spiro atoms. The Kier molecular flexibility index (Phi) is 4.41. The molecule has 2 aromatic heterocycles. The molecule has 0 atom stereocenters. The largest absolute Gasteiger partial charge is 0.504 e. The van der Waals surface area contributed by atoms with E-state index in [-0.39, 0.29) is 34.5 Å². The molecule has 0 bridgehead atoms. The number of phenols is 1. The summed E-state index contributed by atoms with van der Waals surface area (Å²) in [5.41, 5.74) is -0.621. The first-order valence-electron chi connectivity index (χ1n) is 7.16. The van der Waals surface area contributed by atoms with Gasteiger partial charge < -0.3 is 19.1 Å². The lowest BCUT2D eigenvalue weighted by atomic mass is 10.1. The van der Waals surface area contributed by atoms with E-state index in [1.165, 1.54) is 26.4 Å². The number of ether oxygens (including phenoxy) is 2. The zero-order valence-electron chi connectivity index (χ0n) is 13.5. The van der Waals surface area contributed by atoms with Gasteiger partial charge in [-0.15, -0.1) is 0 Å². The van der Waals surface area contributed by atoms with Gasteiger partial charge in [-0.05, 0) is 24.3 Å². The van der Waals surface area contributed by atoms with Crippen molar-refractivity contribution in [3.8, 4) is 40.2 Å². The molecule has 1 N–H and O–H groups in total. The van der Waals surface area contributed by atoms with Crippen LogP contribution in [0.4, 0.5) is 13.2 Å². The number of aromatic nitrogens is 3. The number of halogens is 3. The Bertz CT molecular complexity index is 923. The maximum absolute atomic E-state index is 12.6. The highest BCUT2D eigenvalue weighted by Crippen LogP contribution is 2.43. The minimum atomic E-state index is -4.49. The summed E-state index contributed by atoms with van der Waals surface area (Å²) < 4.78 is 53.0. The molecule has 1 aromatic carbocycles. The Hall–Kier alpha value is -3.30. The summed E-state index contributed by atoms with van der Waals surface area (Å²) in [6.45, 7) is 0. The lowest BCUT2D eigenvalue weighted by molar-refractivity contribution is -0.137. The molecule has 26 heavy (non-hydrogen) atoms. The van der Waals surface area contributed by atoms with E-state index in [9.17, 15) is 18.3 Å². The van der Waals surface area contributed by atoms with Gasteiger partial charge >= 0.3 is 6.18 Å². The first-order chi connectivity index (χ1) is 12.3. The molecule has 0 aliphatic carbocycles. The first kappa shape index (κ1) is 17.5. The third kappa shape index (κ3) is 3.13. The molecule has 136 valence electrons. The third-order valence-electron chi connectivity index (χ3n) is 3.50. The Balaban J connectivity index is 1.96. The highest BCUT2D eigenvalue weighted by molar-refractivity contribution is 5.71. The van der Waals surface area contributed by atoms with Gasteiger partial charge in [0.1, 0.15) is 5.69 Å². The van der Waals surface area contributed by atoms with Crippen LogP contribution in [0.5, 0.6) is 17.2 Å². The van der Waals surface area contributed by atoms with Gasteiger partial charge in [0.25, 0.3) is 5.89 Å². The minimum Gasteiger partial charge on any atom is -0.504 e. The van der Waals surface area contributed by atoms with Crippen molar-refractivity contribution in [3.63, 3.8) is 0 Å². The van der Waals surface area contributed by atoms with Crippen LogP contribution >= 0.6 is 0 Å². The number of benzene rings is 1. The number of rotatable bonds is 4. The van der Waals surface area contributed by atoms with Crippen molar-refractivity contribution in [1.82, 2.24) is 15.1 Å². The van der Waals surface area contributed by atoms with Crippen LogP contribution in [0.25, 0.3) is 23.0 Å². The molecule has 0 aliphatic heterocycles. The van der Waals surface area contributed by atoms with Crippen molar-refractivity contribution in [1.29, 1.82) is 0 Å². The summed E-state index contributed by atoms with van der Waals surface area (Å²) in [6, 6.07) is 5.01. The van der Waals surface area contributed by atoms with E-state index >= 15 is 0 Å². The number of hydrogen-bond acceptors (Lipinski definition) is 7. The van der Waals surface area contributed by atoms with Crippen molar-refractivity contribution < 1.29 is 32.3 Å². The van der Waals surface area contributed by atoms with E-state index in [2.05, 4.69) is 15.1 Å². The fourth-order valence-electron chi connectivity index (χ4n) is 2.21. The Morgan fingerprint density at radius 2 is 1.85 bits per heavy atom. The summed E-state index contributed by atoms with van der Waals surface area (Å²) in [5, 5.41) is 14.0. The molecular formula is C16H12F3N3O4. The third-order valence-corrected chi connectivity index (χ3v) is 3.50. The smallest absolute Gasteiger partial charge is 0.417 e. The molecule has 0 saturated heterocycles. The van der Waals surface area contributed by atoms with E-state index in [1.807, 2.05) is 0 Å². The van der Waals surface area contributed by atoms with Crippen molar-refractivity contribution in [2.45, 2.75) is 6.18 Å². The van der Waals surface area contributed by atoms with Crippen LogP contribution in [0, 0.1) is 0 Å². The predicted octanol–water partition coefficient (Wildman–Crippen LogP) is 3.54. The quantitative estimate of drug-likeness (QED) is 0.754. The molecule has 0 unspecified atom stereocenters. The SMILES string of the molecule is COc1ccc(-c2nc(-c3ccc(C(F)(F)F)cn3)no2)c(O)c1OC. The lowest BCUT2D eigenvalue weighted by Crippen LogP contribution is -2.05. The van der Waals surface area contributed by atoms with Crippen molar-refractivity contribution in [2.24, 2.45) is 0 Å². The lowest BCUT2D eigenvalue weighted by Gasteiger charge is -2.10. The van der Waals surface area contributed by atoms with E-state index in [0.29, 0.717) is 11.9 Å². The molecular weight excluding hydrogens is 355 g/mol. The van der Waals surface area contributed by atoms with E-state index in [1.54, 1.807) is 0 Å². The summed E-state index contributed by atoms with van der Waals surface area (Å²) in [6.07, 6.45) is -3.81. The fourth-order valence-corrected chi connectivity index (χ4v) is 2.21. The second-order valence-corrected chi connectivity index (χ2v) is 5.05. The maximum Gasteiger partial charge on any atom is 0.417 e. The molecule has 0 aliphatic rings. The summed E-state index contributed by atoms with van der Waals surface area (Å²) in [5.74, 6) is 0.0285. The molecule has 0 radical (unpaired) electrons. The molecule has 2 heterocycles. The number of hydrogen-bond donors (Lipinski definition) is 1. The van der Waals surface area contributed by atoms with Crippen LogP contribution < -0.4 is 9.47 Å². The monoisotopic (exact) mass is 367 g/mol. The average Bonchev–Trinajstić information content (AvgIpc) is 3.10. The number of pyridine rings is 1. The summed E-state index contributed by atoms with van der Waals surface area (Å²) in [4.78, 5) is 7.75. The summed E-state index contributed by atoms with van der Waals surface area (Å²) in [7, 11) is 2.77. The number of aromatic hydroxyl groups is 1. The number of phenolic OH excluding ortho intramolecular Hbond substituents is 1. The van der Waals surface area contributed by atoms with E-state index in [4.69, 9.17) is 14.0 Å². The Morgan fingerprint density at radius 3 is 2.42 bits per heavy atom. The molecule has 0 saturated carbocycles. The predicted molar refractivity (Wildman–Crippen MR) is 82.7 cm³/mol. The van der Waals surface area contributed by atoms with Gasteiger partial charge in [-0.2, -0.15) is 18.2 Å². The maximum atomic E-state index is 12.6. The second-order valence-electron chi connectivity index (χ2n) is 5.05. The Morgan fingerprint density at radius 1 is 1.08 bits per heavy atom. The molecule has 0 amide bonds. The number of nitrogens with zero attached hydrogens (tertiary/aromatic N) is 3. The van der Waals surface area contributed by atoms with Gasteiger partial charge in [0, 0.05) is 6.20 Å². The van der Waals surface area contributed by atoms with Gasteiger partial charge in [0.2, 0.25) is 11.6 Å². The van der Waals surface area contributed by atoms with Crippen molar-refractivity contribution >= 4 is 0 Å². The average molecular weight is 367 g/mol. The Labute approximate surface area is 145 Å². The standard InChI is InChI=1S/C16H12F3N3O4/c1-24-11-6-4-9(12(23)13(11)25-2)15-21-14(22-26-15)10-5-3-8(7-20-10)16(17,18)19/h3-7,23H,1-2H3. The first-order valence-corrected chi connectivity index (χ1v) is 7.16. The van der Waals surface area contributed by atoms with Gasteiger partial charge in [-0.25, -0.2) is 0 Å².